The van der Waals surface area contributed by atoms with Crippen LogP contribution in [0.2, 0.25) is 0 Å². The van der Waals surface area contributed by atoms with Crippen molar-refractivity contribution in [3.05, 3.63) is 46.4 Å². The number of aliphatic hydroxyl groups excluding tert-OH is 1. The van der Waals surface area contributed by atoms with E-state index in [0.29, 0.717) is 12.4 Å². The molecule has 2 aromatic rings. The van der Waals surface area contributed by atoms with E-state index in [1.807, 2.05) is 29.6 Å². The van der Waals surface area contributed by atoms with E-state index in [-0.39, 0.29) is 0 Å². The fourth-order valence-corrected chi connectivity index (χ4v) is 1.96. The Morgan fingerprint density at radius 3 is 2.94 bits per heavy atom. The van der Waals surface area contributed by atoms with Crippen LogP contribution in [0.1, 0.15) is 24.3 Å². The maximum absolute atomic E-state index is 9.57. The Hall–Kier alpha value is -1.39. The Balaban J connectivity index is 2.09. The lowest BCUT2D eigenvalue weighted by molar-refractivity contribution is 0.190. The van der Waals surface area contributed by atoms with Crippen molar-refractivity contribution in [2.45, 2.75) is 19.6 Å². The van der Waals surface area contributed by atoms with Gasteiger partial charge in [-0.25, -0.2) is 4.98 Å². The highest BCUT2D eigenvalue weighted by atomic mass is 32.1. The maximum atomic E-state index is 9.57. The molecule has 84 valence electrons. The van der Waals surface area contributed by atoms with Gasteiger partial charge in [0.1, 0.15) is 12.4 Å². The third kappa shape index (κ3) is 2.59. The Labute approximate surface area is 98.4 Å². The number of hydrogen-bond acceptors (Lipinski definition) is 4. The molecule has 1 unspecified atom stereocenters. The summed E-state index contributed by atoms with van der Waals surface area (Å²) in [7, 11) is 0. The first kappa shape index (κ1) is 11.1. The largest absolute Gasteiger partial charge is 0.487 e. The van der Waals surface area contributed by atoms with Crippen LogP contribution in [0.15, 0.2) is 35.2 Å². The quantitative estimate of drug-likeness (QED) is 0.886. The van der Waals surface area contributed by atoms with Gasteiger partial charge in [0.25, 0.3) is 0 Å². The van der Waals surface area contributed by atoms with Gasteiger partial charge in [0.15, 0.2) is 0 Å². The van der Waals surface area contributed by atoms with Gasteiger partial charge >= 0.3 is 0 Å². The van der Waals surface area contributed by atoms with Gasteiger partial charge in [0, 0.05) is 10.9 Å². The molecule has 1 heterocycles. The summed E-state index contributed by atoms with van der Waals surface area (Å²) in [5, 5.41) is 11.5. The fourth-order valence-electron chi connectivity index (χ4n) is 1.42. The summed E-state index contributed by atoms with van der Waals surface area (Å²) in [5.41, 5.74) is 3.49. The molecule has 0 bridgehead atoms. The summed E-state index contributed by atoms with van der Waals surface area (Å²) in [6, 6.07) is 7.50. The smallest absolute Gasteiger partial charge is 0.131 e. The molecule has 0 aliphatic heterocycles. The molecule has 1 atom stereocenters. The van der Waals surface area contributed by atoms with Crippen molar-refractivity contribution in [1.29, 1.82) is 0 Å². The average Bonchev–Trinajstić information content (AvgIpc) is 2.79. The lowest BCUT2D eigenvalue weighted by Crippen LogP contribution is -2.00. The number of ether oxygens (including phenoxy) is 1. The summed E-state index contributed by atoms with van der Waals surface area (Å²) < 4.78 is 5.63. The first-order valence-corrected chi connectivity index (χ1v) is 5.98. The summed E-state index contributed by atoms with van der Waals surface area (Å²) in [4.78, 5) is 4.14. The van der Waals surface area contributed by atoms with E-state index in [9.17, 15) is 5.11 Å². The molecule has 2 rings (SSSR count). The Morgan fingerprint density at radius 2 is 2.25 bits per heavy atom. The number of nitrogens with zero attached hydrogens (tertiary/aromatic N) is 1. The van der Waals surface area contributed by atoms with Gasteiger partial charge in [-0.05, 0) is 13.0 Å². The second kappa shape index (κ2) is 5.09. The molecule has 0 saturated heterocycles. The van der Waals surface area contributed by atoms with Crippen molar-refractivity contribution in [2.24, 2.45) is 0 Å². The average molecular weight is 235 g/mol. The normalized spacial score (nSPS) is 12.4. The number of benzene rings is 1. The van der Waals surface area contributed by atoms with E-state index in [2.05, 4.69) is 4.98 Å². The van der Waals surface area contributed by atoms with Gasteiger partial charge < -0.3 is 9.84 Å². The van der Waals surface area contributed by atoms with Crippen molar-refractivity contribution < 1.29 is 9.84 Å². The lowest BCUT2D eigenvalue weighted by Gasteiger charge is -2.12. The van der Waals surface area contributed by atoms with Crippen LogP contribution in [0.5, 0.6) is 5.75 Å². The minimum atomic E-state index is -0.522. The van der Waals surface area contributed by atoms with Crippen LogP contribution in [0.25, 0.3) is 0 Å². The molecular weight excluding hydrogens is 222 g/mol. The zero-order chi connectivity index (χ0) is 11.4. The molecule has 0 aliphatic rings. The first-order valence-electron chi connectivity index (χ1n) is 5.04. The SMILES string of the molecule is CC(O)c1ccccc1OCc1cscn1. The molecule has 1 N–H and O–H groups in total. The molecule has 0 aliphatic carbocycles. The van der Waals surface area contributed by atoms with E-state index in [1.54, 1.807) is 23.8 Å². The van der Waals surface area contributed by atoms with Crippen LogP contribution in [0.4, 0.5) is 0 Å². The zero-order valence-electron chi connectivity index (χ0n) is 8.96. The number of rotatable bonds is 4. The minimum Gasteiger partial charge on any atom is -0.487 e. The molecule has 16 heavy (non-hydrogen) atoms. The lowest BCUT2D eigenvalue weighted by atomic mass is 10.1. The van der Waals surface area contributed by atoms with Gasteiger partial charge in [-0.3, -0.25) is 0 Å². The van der Waals surface area contributed by atoms with Gasteiger partial charge in [0.2, 0.25) is 0 Å². The summed E-state index contributed by atoms with van der Waals surface area (Å²) in [6.45, 7) is 2.16. The Morgan fingerprint density at radius 1 is 1.44 bits per heavy atom. The summed E-state index contributed by atoms with van der Waals surface area (Å²) in [5.74, 6) is 0.713. The summed E-state index contributed by atoms with van der Waals surface area (Å²) in [6.07, 6.45) is -0.522. The van der Waals surface area contributed by atoms with E-state index in [1.165, 1.54) is 0 Å². The maximum Gasteiger partial charge on any atom is 0.131 e. The number of aliphatic hydroxyl groups is 1. The van der Waals surface area contributed by atoms with E-state index >= 15 is 0 Å². The van der Waals surface area contributed by atoms with Gasteiger partial charge in [-0.15, -0.1) is 11.3 Å². The van der Waals surface area contributed by atoms with Crippen molar-refractivity contribution in [2.75, 3.05) is 0 Å². The Bertz CT molecular complexity index is 440. The third-order valence-electron chi connectivity index (χ3n) is 2.23. The highest BCUT2D eigenvalue weighted by molar-refractivity contribution is 7.07. The van der Waals surface area contributed by atoms with Crippen molar-refractivity contribution in [1.82, 2.24) is 4.98 Å². The standard InChI is InChI=1S/C12H13NO2S/c1-9(14)11-4-2-3-5-12(11)15-6-10-7-16-8-13-10/h2-5,7-9,14H,6H2,1H3. The van der Waals surface area contributed by atoms with Crippen LogP contribution < -0.4 is 4.74 Å². The molecule has 0 amide bonds. The van der Waals surface area contributed by atoms with Crippen molar-refractivity contribution >= 4 is 11.3 Å². The highest BCUT2D eigenvalue weighted by Crippen LogP contribution is 2.25. The van der Waals surface area contributed by atoms with E-state index in [4.69, 9.17) is 4.74 Å². The summed E-state index contributed by atoms with van der Waals surface area (Å²) >= 11 is 1.54. The van der Waals surface area contributed by atoms with Crippen LogP contribution in [-0.2, 0) is 6.61 Å². The first-order chi connectivity index (χ1) is 7.77. The zero-order valence-corrected chi connectivity index (χ0v) is 9.78. The van der Waals surface area contributed by atoms with Crippen LogP contribution in [0.3, 0.4) is 0 Å². The van der Waals surface area contributed by atoms with E-state index < -0.39 is 6.10 Å². The molecule has 0 fully saturated rings. The second-order valence-electron chi connectivity index (χ2n) is 3.48. The number of hydrogen-bond donors (Lipinski definition) is 1. The molecule has 4 heteroatoms. The fraction of sp³-hybridized carbons (Fsp3) is 0.250. The van der Waals surface area contributed by atoms with Gasteiger partial charge in [0.05, 0.1) is 17.3 Å². The van der Waals surface area contributed by atoms with Gasteiger partial charge in [-0.2, -0.15) is 0 Å². The molecular formula is C12H13NO2S. The molecule has 0 saturated carbocycles. The van der Waals surface area contributed by atoms with Crippen molar-refractivity contribution in [3.8, 4) is 5.75 Å². The van der Waals surface area contributed by atoms with Crippen LogP contribution in [0, 0.1) is 0 Å². The predicted octanol–water partition coefficient (Wildman–Crippen LogP) is 2.78. The third-order valence-corrected chi connectivity index (χ3v) is 2.86. The second-order valence-corrected chi connectivity index (χ2v) is 4.20. The monoisotopic (exact) mass is 235 g/mol. The minimum absolute atomic E-state index is 0.438. The van der Waals surface area contributed by atoms with Crippen LogP contribution >= 0.6 is 11.3 Å². The van der Waals surface area contributed by atoms with Crippen molar-refractivity contribution in [3.63, 3.8) is 0 Å². The Kier molecular flexibility index (Phi) is 3.54. The topological polar surface area (TPSA) is 42.4 Å². The number of thiazole rings is 1. The molecule has 0 spiro atoms. The number of para-hydroxylation sites is 1. The van der Waals surface area contributed by atoms with Gasteiger partial charge in [-0.1, -0.05) is 18.2 Å². The van der Waals surface area contributed by atoms with E-state index in [0.717, 1.165) is 11.3 Å². The van der Waals surface area contributed by atoms with Crippen LogP contribution in [-0.4, -0.2) is 10.1 Å². The molecule has 1 aromatic carbocycles. The molecule has 3 nitrogen and oxygen atoms in total. The predicted molar refractivity (Wildman–Crippen MR) is 63.5 cm³/mol. The molecule has 0 radical (unpaired) electrons. The number of aromatic nitrogens is 1. The highest BCUT2D eigenvalue weighted by Gasteiger charge is 2.08. The molecule has 1 aromatic heterocycles.